The number of carbonyl (C=O) groups is 1. The number of benzene rings is 1. The molecule has 1 aromatic carbocycles. The fourth-order valence-corrected chi connectivity index (χ4v) is 2.70. The Bertz CT molecular complexity index is 705. The summed E-state index contributed by atoms with van der Waals surface area (Å²) in [6, 6.07) is 7.80. The number of nitrogens with zero attached hydrogens (tertiary/aromatic N) is 2. The standard InChI is InChI=1S/C15H14FN3OS/c1-2-19(15(20)14-13(18)5-6-21-14)9-11-4-3-10(8-17)7-12(11)16/h3-7H,2,9,18H2,1H3. The normalized spacial score (nSPS) is 10.1. The third kappa shape index (κ3) is 3.20. The number of halogens is 1. The van der Waals surface area contributed by atoms with Gasteiger partial charge in [-0.3, -0.25) is 4.79 Å². The summed E-state index contributed by atoms with van der Waals surface area (Å²) in [4.78, 5) is 14.4. The fourth-order valence-electron chi connectivity index (χ4n) is 1.91. The number of nitrogen functional groups attached to an aromatic ring is 1. The van der Waals surface area contributed by atoms with Gasteiger partial charge < -0.3 is 10.6 Å². The summed E-state index contributed by atoms with van der Waals surface area (Å²) >= 11 is 1.27. The van der Waals surface area contributed by atoms with E-state index in [1.807, 2.05) is 13.0 Å². The predicted octanol–water partition coefficient (Wildman–Crippen LogP) is 3.00. The summed E-state index contributed by atoms with van der Waals surface area (Å²) in [5.41, 5.74) is 6.81. The second-order valence-electron chi connectivity index (χ2n) is 4.44. The molecule has 1 aromatic heterocycles. The Kier molecular flexibility index (Phi) is 4.55. The molecule has 0 saturated carbocycles. The van der Waals surface area contributed by atoms with Gasteiger partial charge in [0.05, 0.1) is 17.3 Å². The molecule has 0 atom stereocenters. The van der Waals surface area contributed by atoms with E-state index < -0.39 is 5.82 Å². The lowest BCUT2D eigenvalue weighted by molar-refractivity contribution is 0.0757. The number of carbonyl (C=O) groups excluding carboxylic acids is 1. The number of anilines is 1. The zero-order chi connectivity index (χ0) is 15.4. The maximum absolute atomic E-state index is 13.9. The van der Waals surface area contributed by atoms with Gasteiger partial charge in [-0.05, 0) is 30.5 Å². The maximum atomic E-state index is 13.9. The lowest BCUT2D eigenvalue weighted by Crippen LogP contribution is -2.30. The minimum absolute atomic E-state index is 0.143. The number of thiophene rings is 1. The number of rotatable bonds is 4. The summed E-state index contributed by atoms with van der Waals surface area (Å²) in [5.74, 6) is -0.701. The van der Waals surface area contributed by atoms with Crippen LogP contribution in [0.25, 0.3) is 0 Å². The Hall–Kier alpha value is -2.39. The Morgan fingerprint density at radius 3 is 2.76 bits per heavy atom. The van der Waals surface area contributed by atoms with E-state index >= 15 is 0 Å². The van der Waals surface area contributed by atoms with E-state index in [-0.39, 0.29) is 18.0 Å². The molecule has 0 saturated heterocycles. The summed E-state index contributed by atoms with van der Waals surface area (Å²) in [5, 5.41) is 10.5. The van der Waals surface area contributed by atoms with Gasteiger partial charge in [0.1, 0.15) is 10.7 Å². The van der Waals surface area contributed by atoms with E-state index in [4.69, 9.17) is 11.0 Å². The summed E-state index contributed by atoms with van der Waals surface area (Å²) in [6.07, 6.45) is 0. The Balaban J connectivity index is 2.22. The molecule has 1 heterocycles. The van der Waals surface area contributed by atoms with Crippen LogP contribution in [0.2, 0.25) is 0 Å². The van der Waals surface area contributed by atoms with Crippen molar-refractivity contribution in [1.82, 2.24) is 4.90 Å². The van der Waals surface area contributed by atoms with Crippen molar-refractivity contribution in [3.05, 3.63) is 51.5 Å². The molecule has 2 rings (SSSR count). The van der Waals surface area contributed by atoms with Gasteiger partial charge in [0, 0.05) is 18.7 Å². The zero-order valence-corrected chi connectivity index (χ0v) is 12.3. The summed E-state index contributed by atoms with van der Waals surface area (Å²) in [7, 11) is 0. The second kappa shape index (κ2) is 6.37. The fraction of sp³-hybridized carbons (Fsp3) is 0.200. The van der Waals surface area contributed by atoms with Crippen LogP contribution in [-0.4, -0.2) is 17.4 Å². The molecule has 4 nitrogen and oxygen atoms in total. The largest absolute Gasteiger partial charge is 0.397 e. The predicted molar refractivity (Wildman–Crippen MR) is 80.3 cm³/mol. The topological polar surface area (TPSA) is 70.1 Å². The molecule has 0 unspecified atom stereocenters. The van der Waals surface area contributed by atoms with Gasteiger partial charge in [-0.15, -0.1) is 11.3 Å². The van der Waals surface area contributed by atoms with Crippen LogP contribution in [0.15, 0.2) is 29.6 Å². The highest BCUT2D eigenvalue weighted by atomic mass is 32.1. The van der Waals surface area contributed by atoms with E-state index in [1.165, 1.54) is 34.4 Å². The third-order valence-electron chi connectivity index (χ3n) is 3.10. The van der Waals surface area contributed by atoms with Crippen LogP contribution in [0, 0.1) is 17.1 Å². The molecule has 0 spiro atoms. The summed E-state index contributed by atoms with van der Waals surface area (Å²) in [6.45, 7) is 2.41. The van der Waals surface area contributed by atoms with Crippen molar-refractivity contribution in [2.24, 2.45) is 0 Å². The Morgan fingerprint density at radius 1 is 1.48 bits per heavy atom. The quantitative estimate of drug-likeness (QED) is 0.944. The number of amides is 1. The van der Waals surface area contributed by atoms with Gasteiger partial charge in [0.25, 0.3) is 5.91 Å². The third-order valence-corrected chi connectivity index (χ3v) is 4.02. The average molecular weight is 303 g/mol. The van der Waals surface area contributed by atoms with Crippen molar-refractivity contribution in [3.8, 4) is 6.07 Å². The van der Waals surface area contributed by atoms with Crippen LogP contribution in [0.1, 0.15) is 27.7 Å². The highest BCUT2D eigenvalue weighted by molar-refractivity contribution is 7.12. The van der Waals surface area contributed by atoms with Crippen molar-refractivity contribution in [1.29, 1.82) is 5.26 Å². The van der Waals surface area contributed by atoms with Crippen LogP contribution in [-0.2, 0) is 6.54 Å². The number of hydrogen-bond donors (Lipinski definition) is 1. The van der Waals surface area contributed by atoms with Gasteiger partial charge in [0.15, 0.2) is 0 Å². The highest BCUT2D eigenvalue weighted by Gasteiger charge is 2.19. The number of nitrogens with two attached hydrogens (primary N) is 1. The average Bonchev–Trinajstić information content (AvgIpc) is 2.91. The van der Waals surface area contributed by atoms with Crippen molar-refractivity contribution in [3.63, 3.8) is 0 Å². The molecule has 108 valence electrons. The molecule has 6 heteroatoms. The molecule has 0 aliphatic heterocycles. The van der Waals surface area contributed by atoms with Crippen LogP contribution in [0.5, 0.6) is 0 Å². The Labute approximate surface area is 126 Å². The lowest BCUT2D eigenvalue weighted by Gasteiger charge is -2.21. The van der Waals surface area contributed by atoms with E-state index in [2.05, 4.69) is 0 Å². The molecule has 2 N–H and O–H groups in total. The van der Waals surface area contributed by atoms with Crippen molar-refractivity contribution < 1.29 is 9.18 Å². The smallest absolute Gasteiger partial charge is 0.266 e. The second-order valence-corrected chi connectivity index (χ2v) is 5.36. The van der Waals surface area contributed by atoms with Crippen LogP contribution in [0.4, 0.5) is 10.1 Å². The minimum atomic E-state index is -0.487. The van der Waals surface area contributed by atoms with Crippen LogP contribution >= 0.6 is 11.3 Å². The van der Waals surface area contributed by atoms with Gasteiger partial charge in [-0.2, -0.15) is 5.26 Å². The first-order valence-corrected chi connectivity index (χ1v) is 7.25. The monoisotopic (exact) mass is 303 g/mol. The number of hydrogen-bond acceptors (Lipinski definition) is 4. The minimum Gasteiger partial charge on any atom is -0.397 e. The molecular formula is C15H14FN3OS. The van der Waals surface area contributed by atoms with Crippen LogP contribution < -0.4 is 5.73 Å². The molecule has 0 bridgehead atoms. The van der Waals surface area contributed by atoms with E-state index in [9.17, 15) is 9.18 Å². The first kappa shape index (κ1) is 15.0. The Morgan fingerprint density at radius 2 is 2.24 bits per heavy atom. The highest BCUT2D eigenvalue weighted by Crippen LogP contribution is 2.22. The molecular weight excluding hydrogens is 289 g/mol. The zero-order valence-electron chi connectivity index (χ0n) is 11.5. The number of nitriles is 1. The molecule has 21 heavy (non-hydrogen) atoms. The molecule has 2 aromatic rings. The van der Waals surface area contributed by atoms with Crippen LogP contribution in [0.3, 0.4) is 0 Å². The first-order chi connectivity index (χ1) is 10.1. The van der Waals surface area contributed by atoms with Gasteiger partial charge in [0.2, 0.25) is 0 Å². The van der Waals surface area contributed by atoms with Crippen molar-refractivity contribution in [2.75, 3.05) is 12.3 Å². The molecule has 1 amide bonds. The van der Waals surface area contributed by atoms with Crippen molar-refractivity contribution >= 4 is 22.9 Å². The first-order valence-electron chi connectivity index (χ1n) is 6.37. The molecule has 0 aliphatic rings. The van der Waals surface area contributed by atoms with E-state index in [0.29, 0.717) is 22.7 Å². The van der Waals surface area contributed by atoms with Gasteiger partial charge in [-0.25, -0.2) is 4.39 Å². The van der Waals surface area contributed by atoms with E-state index in [0.717, 1.165) is 0 Å². The maximum Gasteiger partial charge on any atom is 0.266 e. The van der Waals surface area contributed by atoms with Crippen molar-refractivity contribution in [2.45, 2.75) is 13.5 Å². The molecule has 0 aliphatic carbocycles. The van der Waals surface area contributed by atoms with Gasteiger partial charge in [-0.1, -0.05) is 6.07 Å². The lowest BCUT2D eigenvalue weighted by atomic mass is 10.1. The molecule has 0 radical (unpaired) electrons. The van der Waals surface area contributed by atoms with E-state index in [1.54, 1.807) is 11.4 Å². The SMILES string of the molecule is CCN(Cc1ccc(C#N)cc1F)C(=O)c1sccc1N. The summed E-state index contributed by atoms with van der Waals surface area (Å²) < 4.78 is 13.9. The molecule has 0 fully saturated rings. The van der Waals surface area contributed by atoms with Gasteiger partial charge >= 0.3 is 0 Å².